The third kappa shape index (κ3) is 2.73. The van der Waals surface area contributed by atoms with Crippen molar-refractivity contribution in [2.75, 3.05) is 12.4 Å². The fraction of sp³-hybridized carbons (Fsp3) is 0.571. The van der Waals surface area contributed by atoms with Crippen LogP contribution < -0.4 is 10.1 Å². The summed E-state index contributed by atoms with van der Waals surface area (Å²) in [5.41, 5.74) is 2.24. The zero-order chi connectivity index (χ0) is 18.6. The van der Waals surface area contributed by atoms with Gasteiger partial charge in [-0.25, -0.2) is 4.63 Å². The predicted molar refractivity (Wildman–Crippen MR) is 100 cm³/mol. The van der Waals surface area contributed by atoms with E-state index in [0.717, 1.165) is 53.9 Å². The van der Waals surface area contributed by atoms with E-state index in [0.29, 0.717) is 11.5 Å². The topological polar surface area (TPSA) is 77.2 Å². The van der Waals surface area contributed by atoms with Crippen molar-refractivity contribution in [2.24, 2.45) is 23.2 Å². The molecular weight excluding hydrogens is 342 g/mol. The second kappa shape index (κ2) is 6.08. The maximum Gasteiger partial charge on any atom is 0.231 e. The van der Waals surface area contributed by atoms with Gasteiger partial charge in [0.2, 0.25) is 11.7 Å². The Balaban J connectivity index is 1.41. The van der Waals surface area contributed by atoms with E-state index in [2.05, 4.69) is 15.6 Å². The molecule has 142 valence electrons. The summed E-state index contributed by atoms with van der Waals surface area (Å²) in [6.07, 6.45) is 7.00. The fourth-order valence-corrected chi connectivity index (χ4v) is 6.10. The summed E-state index contributed by atoms with van der Waals surface area (Å²) in [4.78, 5) is 13.3. The number of carbonyl (C=O) groups excluding carboxylic acids is 1. The van der Waals surface area contributed by atoms with Crippen LogP contribution in [0.5, 0.6) is 5.75 Å². The van der Waals surface area contributed by atoms with Crippen molar-refractivity contribution in [3.63, 3.8) is 0 Å². The Labute approximate surface area is 158 Å². The van der Waals surface area contributed by atoms with Crippen molar-refractivity contribution in [3.05, 3.63) is 23.8 Å². The first-order chi connectivity index (χ1) is 13.1. The molecular formula is C21H25N3O3. The molecule has 4 fully saturated rings. The maximum absolute atomic E-state index is 13.3. The minimum Gasteiger partial charge on any atom is -0.497 e. The highest BCUT2D eigenvalue weighted by Gasteiger charge is 2.54. The van der Waals surface area contributed by atoms with E-state index in [4.69, 9.17) is 9.37 Å². The van der Waals surface area contributed by atoms with Crippen LogP contribution in [0.25, 0.3) is 11.3 Å². The number of ether oxygens (including phenoxy) is 1. The number of amides is 1. The largest absolute Gasteiger partial charge is 0.497 e. The van der Waals surface area contributed by atoms with Gasteiger partial charge in [-0.15, -0.1) is 0 Å². The summed E-state index contributed by atoms with van der Waals surface area (Å²) in [5, 5.41) is 11.1. The lowest BCUT2D eigenvalue weighted by atomic mass is 9.49. The second-order valence-electron chi connectivity index (χ2n) is 8.79. The number of nitrogens with one attached hydrogen (secondary N) is 1. The van der Waals surface area contributed by atoms with Crippen LogP contribution in [0.4, 0.5) is 5.82 Å². The van der Waals surface area contributed by atoms with Crippen LogP contribution >= 0.6 is 0 Å². The summed E-state index contributed by atoms with van der Waals surface area (Å²) >= 11 is 0. The van der Waals surface area contributed by atoms with Gasteiger partial charge in [-0.3, -0.25) is 4.79 Å². The van der Waals surface area contributed by atoms with E-state index in [9.17, 15) is 4.79 Å². The number of benzene rings is 1. The Bertz CT molecular complexity index is 853. The zero-order valence-electron chi connectivity index (χ0n) is 15.8. The first-order valence-electron chi connectivity index (χ1n) is 9.85. The van der Waals surface area contributed by atoms with Crippen LogP contribution in [0.2, 0.25) is 0 Å². The van der Waals surface area contributed by atoms with Gasteiger partial charge in [0.1, 0.15) is 5.75 Å². The van der Waals surface area contributed by atoms with Crippen molar-refractivity contribution >= 4 is 11.7 Å². The van der Waals surface area contributed by atoms with E-state index >= 15 is 0 Å². The first kappa shape index (κ1) is 16.8. The summed E-state index contributed by atoms with van der Waals surface area (Å²) in [6.45, 7) is 1.98. The molecule has 4 bridgehead atoms. The molecule has 6 rings (SSSR count). The summed E-state index contributed by atoms with van der Waals surface area (Å²) < 4.78 is 10.3. The van der Waals surface area contributed by atoms with Crippen LogP contribution in [-0.4, -0.2) is 23.3 Å². The van der Waals surface area contributed by atoms with E-state index in [-0.39, 0.29) is 11.3 Å². The molecule has 6 nitrogen and oxygen atoms in total. The summed E-state index contributed by atoms with van der Waals surface area (Å²) in [6, 6.07) is 5.74. The molecule has 6 heteroatoms. The van der Waals surface area contributed by atoms with Gasteiger partial charge in [-0.1, -0.05) is 0 Å². The van der Waals surface area contributed by atoms with Crippen molar-refractivity contribution in [3.8, 4) is 17.0 Å². The number of hydrogen-bond donors (Lipinski definition) is 1. The molecule has 27 heavy (non-hydrogen) atoms. The quantitative estimate of drug-likeness (QED) is 0.876. The van der Waals surface area contributed by atoms with Crippen LogP contribution in [0.15, 0.2) is 22.8 Å². The molecule has 4 aliphatic carbocycles. The Hall–Kier alpha value is -2.37. The molecule has 0 saturated heterocycles. The first-order valence-corrected chi connectivity index (χ1v) is 9.85. The lowest BCUT2D eigenvalue weighted by Gasteiger charge is -2.55. The number of carbonyl (C=O) groups is 1. The zero-order valence-corrected chi connectivity index (χ0v) is 15.8. The fourth-order valence-electron chi connectivity index (χ4n) is 6.10. The minimum absolute atomic E-state index is 0.102. The lowest BCUT2D eigenvalue weighted by Crippen LogP contribution is -2.51. The number of methoxy groups -OCH3 is 1. The van der Waals surface area contributed by atoms with Gasteiger partial charge in [-0.05, 0) is 97.3 Å². The summed E-state index contributed by atoms with van der Waals surface area (Å²) in [7, 11) is 1.64. The number of aromatic nitrogens is 2. The smallest absolute Gasteiger partial charge is 0.231 e. The van der Waals surface area contributed by atoms with E-state index in [1.54, 1.807) is 7.11 Å². The van der Waals surface area contributed by atoms with Crippen LogP contribution in [0.3, 0.4) is 0 Å². The highest BCUT2D eigenvalue weighted by Crippen LogP contribution is 2.60. The molecule has 0 atom stereocenters. The number of aryl methyl sites for hydroxylation is 1. The standard InChI is InChI=1S/C21H25N3O3/c1-12-5-16(26-2)3-4-17(12)18-19(24-27-23-18)22-20(25)21-9-13-6-14(10-21)8-15(7-13)11-21/h3-5,13-15H,6-11H2,1-2H3,(H,22,24,25). The molecule has 1 aromatic carbocycles. The Kier molecular flexibility index (Phi) is 3.78. The molecule has 0 aliphatic heterocycles. The SMILES string of the molecule is COc1ccc(-c2nonc2NC(=O)C23CC4CC(CC(C4)C2)C3)c(C)c1. The van der Waals surface area contributed by atoms with Gasteiger partial charge in [0.05, 0.1) is 12.5 Å². The molecule has 0 radical (unpaired) electrons. The highest BCUT2D eigenvalue weighted by atomic mass is 16.6. The van der Waals surface area contributed by atoms with Crippen LogP contribution in [-0.2, 0) is 4.79 Å². The molecule has 2 aromatic rings. The van der Waals surface area contributed by atoms with E-state index < -0.39 is 0 Å². The number of hydrogen-bond acceptors (Lipinski definition) is 5. The third-order valence-corrected chi connectivity index (χ3v) is 6.93. The highest BCUT2D eigenvalue weighted by molar-refractivity contribution is 5.97. The molecule has 4 aliphatic rings. The number of nitrogens with zero attached hydrogens (tertiary/aromatic N) is 2. The van der Waals surface area contributed by atoms with E-state index in [1.807, 2.05) is 25.1 Å². The third-order valence-electron chi connectivity index (χ3n) is 6.93. The van der Waals surface area contributed by atoms with Gasteiger partial charge in [0, 0.05) is 5.56 Å². The lowest BCUT2D eigenvalue weighted by molar-refractivity contribution is -0.140. The van der Waals surface area contributed by atoms with Crippen LogP contribution in [0.1, 0.15) is 44.1 Å². The molecule has 1 aromatic heterocycles. The normalized spacial score (nSPS) is 31.1. The predicted octanol–water partition coefficient (Wildman–Crippen LogP) is 4.21. The Morgan fingerprint density at radius 2 is 1.81 bits per heavy atom. The maximum atomic E-state index is 13.3. The number of rotatable bonds is 4. The average molecular weight is 367 g/mol. The van der Waals surface area contributed by atoms with Crippen molar-refractivity contribution in [1.29, 1.82) is 0 Å². The van der Waals surface area contributed by atoms with Gasteiger partial charge in [0.25, 0.3) is 0 Å². The molecule has 1 heterocycles. The monoisotopic (exact) mass is 367 g/mol. The molecule has 1 amide bonds. The van der Waals surface area contributed by atoms with Gasteiger partial charge in [-0.2, -0.15) is 0 Å². The Morgan fingerprint density at radius 1 is 1.15 bits per heavy atom. The van der Waals surface area contributed by atoms with E-state index in [1.165, 1.54) is 19.3 Å². The molecule has 4 saturated carbocycles. The van der Waals surface area contributed by atoms with Gasteiger partial charge >= 0.3 is 0 Å². The average Bonchev–Trinajstić information content (AvgIpc) is 3.08. The van der Waals surface area contributed by atoms with Crippen molar-refractivity contribution in [1.82, 2.24) is 10.3 Å². The van der Waals surface area contributed by atoms with Crippen molar-refractivity contribution in [2.45, 2.75) is 45.4 Å². The minimum atomic E-state index is -0.222. The van der Waals surface area contributed by atoms with Crippen LogP contribution in [0, 0.1) is 30.1 Å². The Morgan fingerprint density at radius 3 is 2.41 bits per heavy atom. The molecule has 0 unspecified atom stereocenters. The van der Waals surface area contributed by atoms with Crippen molar-refractivity contribution < 1.29 is 14.2 Å². The molecule has 1 N–H and O–H groups in total. The van der Waals surface area contributed by atoms with Gasteiger partial charge < -0.3 is 10.1 Å². The summed E-state index contributed by atoms with van der Waals surface area (Å²) in [5.74, 6) is 3.47. The number of anilines is 1. The molecule has 0 spiro atoms. The second-order valence-corrected chi connectivity index (χ2v) is 8.79. The van der Waals surface area contributed by atoms with Gasteiger partial charge in [0.15, 0.2) is 5.69 Å².